The van der Waals surface area contributed by atoms with Crippen LogP contribution in [0.3, 0.4) is 0 Å². The molecule has 0 saturated carbocycles. The van der Waals surface area contributed by atoms with E-state index in [2.05, 4.69) is 0 Å². The minimum atomic E-state index is -0.824. The highest BCUT2D eigenvalue weighted by Crippen LogP contribution is 2.11. The molecule has 82 valence electrons. The highest BCUT2D eigenvalue weighted by atomic mass is 16.3. The van der Waals surface area contributed by atoms with Crippen molar-refractivity contribution in [2.24, 2.45) is 5.92 Å². The molecule has 0 heterocycles. The number of aliphatic hydroxyl groups excluding tert-OH is 1. The number of Topliss-reactive ketones (excluding diaryl/α,β-unsaturated/α-hetero) is 1. The number of hydrogen-bond acceptors (Lipinski definition) is 2. The lowest BCUT2D eigenvalue weighted by Crippen LogP contribution is -2.28. The molecule has 0 saturated heterocycles. The van der Waals surface area contributed by atoms with E-state index < -0.39 is 6.10 Å². The van der Waals surface area contributed by atoms with Crippen LogP contribution >= 0.6 is 0 Å². The Labute approximate surface area is 90.9 Å². The molecular formula is C13H18O2. The Kier molecular flexibility index (Phi) is 4.50. The van der Waals surface area contributed by atoms with Crippen LogP contribution in [0.15, 0.2) is 30.3 Å². The number of hydrogen-bond donors (Lipinski definition) is 1. The molecule has 0 fully saturated rings. The summed E-state index contributed by atoms with van der Waals surface area (Å²) >= 11 is 0. The summed E-state index contributed by atoms with van der Waals surface area (Å²) in [6.07, 6.45) is 0.323. The van der Waals surface area contributed by atoms with Crippen LogP contribution in [0.2, 0.25) is 0 Å². The van der Waals surface area contributed by atoms with Crippen LogP contribution in [0.1, 0.15) is 25.8 Å². The van der Waals surface area contributed by atoms with Gasteiger partial charge < -0.3 is 5.11 Å². The van der Waals surface area contributed by atoms with Gasteiger partial charge >= 0.3 is 0 Å². The molecule has 0 bridgehead atoms. The van der Waals surface area contributed by atoms with Crippen LogP contribution in [-0.2, 0) is 11.2 Å². The third kappa shape index (κ3) is 3.48. The minimum absolute atomic E-state index is 0.0428. The first-order valence-corrected chi connectivity index (χ1v) is 5.39. The largest absolute Gasteiger partial charge is 0.385 e. The highest BCUT2D eigenvalue weighted by Gasteiger charge is 2.20. The molecule has 0 aliphatic heterocycles. The second-order valence-corrected chi connectivity index (χ2v) is 3.96. The van der Waals surface area contributed by atoms with Gasteiger partial charge in [0, 0.05) is 6.42 Å². The third-order valence-electron chi connectivity index (χ3n) is 2.73. The molecule has 1 aromatic carbocycles. The maximum absolute atomic E-state index is 11.7. The third-order valence-corrected chi connectivity index (χ3v) is 2.73. The average molecular weight is 206 g/mol. The molecule has 15 heavy (non-hydrogen) atoms. The van der Waals surface area contributed by atoms with Gasteiger partial charge in [0.2, 0.25) is 0 Å². The summed E-state index contributed by atoms with van der Waals surface area (Å²) in [5, 5.41) is 9.70. The van der Waals surface area contributed by atoms with Gasteiger partial charge in [0.1, 0.15) is 6.10 Å². The minimum Gasteiger partial charge on any atom is -0.385 e. The Morgan fingerprint density at radius 3 is 2.47 bits per heavy atom. The number of benzene rings is 1. The summed E-state index contributed by atoms with van der Waals surface area (Å²) in [4.78, 5) is 11.7. The smallest absolute Gasteiger partial charge is 0.165 e. The lowest BCUT2D eigenvalue weighted by Gasteiger charge is -2.15. The van der Waals surface area contributed by atoms with Gasteiger partial charge in [-0.15, -0.1) is 0 Å². The number of aliphatic hydroxyl groups is 1. The lowest BCUT2D eigenvalue weighted by atomic mass is 9.95. The Morgan fingerprint density at radius 1 is 1.33 bits per heavy atom. The monoisotopic (exact) mass is 206 g/mol. The number of carbonyl (C=O) groups is 1. The maximum atomic E-state index is 11.7. The summed E-state index contributed by atoms with van der Waals surface area (Å²) in [6, 6.07) is 9.53. The molecule has 1 aromatic rings. The zero-order valence-corrected chi connectivity index (χ0v) is 9.31. The van der Waals surface area contributed by atoms with Gasteiger partial charge in [-0.2, -0.15) is 0 Å². The van der Waals surface area contributed by atoms with E-state index >= 15 is 0 Å². The zero-order valence-electron chi connectivity index (χ0n) is 9.31. The molecule has 1 N–H and O–H groups in total. The van der Waals surface area contributed by atoms with Crippen molar-refractivity contribution >= 4 is 5.78 Å². The molecule has 0 aromatic heterocycles. The maximum Gasteiger partial charge on any atom is 0.165 e. The van der Waals surface area contributed by atoms with Crippen molar-refractivity contribution in [1.82, 2.24) is 0 Å². The van der Waals surface area contributed by atoms with Crippen LogP contribution < -0.4 is 0 Å². The molecule has 0 amide bonds. The number of ketones is 1. The number of rotatable bonds is 5. The fourth-order valence-electron chi connectivity index (χ4n) is 1.44. The van der Waals surface area contributed by atoms with Crippen LogP contribution in [0, 0.1) is 5.92 Å². The predicted molar refractivity (Wildman–Crippen MR) is 60.6 cm³/mol. The SMILES string of the molecule is CCC(C)C(O)C(=O)Cc1ccccc1. The van der Waals surface area contributed by atoms with Crippen LogP contribution in [0.4, 0.5) is 0 Å². The van der Waals surface area contributed by atoms with E-state index in [1.165, 1.54) is 0 Å². The van der Waals surface area contributed by atoms with Crippen LogP contribution in [0.5, 0.6) is 0 Å². The van der Waals surface area contributed by atoms with E-state index in [0.717, 1.165) is 12.0 Å². The molecule has 2 heteroatoms. The molecule has 2 unspecified atom stereocenters. The van der Waals surface area contributed by atoms with Crippen LogP contribution in [0.25, 0.3) is 0 Å². The van der Waals surface area contributed by atoms with Gasteiger partial charge in [0.05, 0.1) is 0 Å². The summed E-state index contributed by atoms with van der Waals surface area (Å²) in [5.74, 6) is -0.0447. The van der Waals surface area contributed by atoms with E-state index in [0.29, 0.717) is 6.42 Å². The van der Waals surface area contributed by atoms with Crippen molar-refractivity contribution in [3.05, 3.63) is 35.9 Å². The van der Waals surface area contributed by atoms with Crippen LogP contribution in [-0.4, -0.2) is 17.0 Å². The topological polar surface area (TPSA) is 37.3 Å². The van der Waals surface area contributed by atoms with E-state index in [1.807, 2.05) is 44.2 Å². The Hall–Kier alpha value is -1.15. The molecule has 0 aliphatic rings. The van der Waals surface area contributed by atoms with Gasteiger partial charge in [-0.3, -0.25) is 4.79 Å². The summed E-state index contributed by atoms with van der Waals surface area (Å²) in [6.45, 7) is 3.87. The normalized spacial score (nSPS) is 14.6. The summed E-state index contributed by atoms with van der Waals surface area (Å²) in [5.41, 5.74) is 0.963. The Morgan fingerprint density at radius 2 is 1.93 bits per heavy atom. The van der Waals surface area contributed by atoms with E-state index in [1.54, 1.807) is 0 Å². The van der Waals surface area contributed by atoms with Gasteiger partial charge in [-0.1, -0.05) is 50.6 Å². The van der Waals surface area contributed by atoms with Crippen molar-refractivity contribution < 1.29 is 9.90 Å². The Balaban J connectivity index is 2.56. The fourth-order valence-corrected chi connectivity index (χ4v) is 1.44. The fraction of sp³-hybridized carbons (Fsp3) is 0.462. The quantitative estimate of drug-likeness (QED) is 0.802. The predicted octanol–water partition coefficient (Wildman–Crippen LogP) is 2.21. The first-order chi connectivity index (χ1) is 7.15. The van der Waals surface area contributed by atoms with Crippen molar-refractivity contribution in [1.29, 1.82) is 0 Å². The zero-order chi connectivity index (χ0) is 11.3. The molecule has 1 rings (SSSR count). The van der Waals surface area contributed by atoms with Crippen molar-refractivity contribution in [2.75, 3.05) is 0 Å². The second-order valence-electron chi connectivity index (χ2n) is 3.96. The summed E-state index contributed by atoms with van der Waals surface area (Å²) < 4.78 is 0. The molecule has 0 radical (unpaired) electrons. The van der Waals surface area contributed by atoms with Gasteiger partial charge in [0.15, 0.2) is 5.78 Å². The standard InChI is InChI=1S/C13H18O2/c1-3-10(2)13(15)12(14)9-11-7-5-4-6-8-11/h4-8,10,13,15H,3,9H2,1-2H3. The average Bonchev–Trinajstić information content (AvgIpc) is 2.28. The number of carbonyl (C=O) groups excluding carboxylic acids is 1. The van der Waals surface area contributed by atoms with Crippen molar-refractivity contribution in [3.8, 4) is 0 Å². The van der Waals surface area contributed by atoms with Crippen molar-refractivity contribution in [3.63, 3.8) is 0 Å². The lowest BCUT2D eigenvalue weighted by molar-refractivity contribution is -0.128. The second kappa shape index (κ2) is 5.66. The molecule has 0 spiro atoms. The van der Waals surface area contributed by atoms with Gasteiger partial charge in [0.25, 0.3) is 0 Å². The molecule has 2 nitrogen and oxygen atoms in total. The van der Waals surface area contributed by atoms with Crippen molar-refractivity contribution in [2.45, 2.75) is 32.8 Å². The van der Waals surface area contributed by atoms with E-state index in [-0.39, 0.29) is 11.7 Å². The molecule has 0 aliphatic carbocycles. The Bertz CT molecular complexity index is 306. The van der Waals surface area contributed by atoms with Gasteiger partial charge in [-0.25, -0.2) is 0 Å². The highest BCUT2D eigenvalue weighted by molar-refractivity contribution is 5.85. The first-order valence-electron chi connectivity index (χ1n) is 5.39. The van der Waals surface area contributed by atoms with E-state index in [4.69, 9.17) is 0 Å². The summed E-state index contributed by atoms with van der Waals surface area (Å²) in [7, 11) is 0. The van der Waals surface area contributed by atoms with Gasteiger partial charge in [-0.05, 0) is 11.5 Å². The molecular weight excluding hydrogens is 188 g/mol. The first kappa shape index (κ1) is 11.9. The molecule has 2 atom stereocenters. The van der Waals surface area contributed by atoms with E-state index in [9.17, 15) is 9.90 Å².